The predicted molar refractivity (Wildman–Crippen MR) is 87.5 cm³/mol. The summed E-state index contributed by atoms with van der Waals surface area (Å²) in [7, 11) is 0. The first-order chi connectivity index (χ1) is 11.8. The minimum Gasteiger partial charge on any atom is -0.339 e. The number of carbonyl (C=O) groups excluding carboxylic acids is 1. The van der Waals surface area contributed by atoms with Crippen LogP contribution in [0.25, 0.3) is 11.0 Å². The third kappa shape index (κ3) is 2.53. The van der Waals surface area contributed by atoms with Gasteiger partial charge >= 0.3 is 0 Å². The van der Waals surface area contributed by atoms with Crippen LogP contribution in [0.2, 0.25) is 0 Å². The molecule has 0 unspecified atom stereocenters. The molecule has 1 aromatic carbocycles. The fraction of sp³-hybridized carbons (Fsp3) is 0.438. The van der Waals surface area contributed by atoms with Gasteiger partial charge in [-0.1, -0.05) is 13.0 Å². The highest BCUT2D eigenvalue weighted by atomic mass is 16.2. The van der Waals surface area contributed by atoms with E-state index in [0.717, 1.165) is 30.9 Å². The van der Waals surface area contributed by atoms with Gasteiger partial charge in [-0.25, -0.2) is 4.98 Å². The van der Waals surface area contributed by atoms with Crippen molar-refractivity contribution >= 4 is 16.9 Å². The van der Waals surface area contributed by atoms with E-state index in [4.69, 9.17) is 0 Å². The Bertz CT molecular complexity index is 860. The monoisotopic (exact) mass is 325 g/mol. The van der Waals surface area contributed by atoms with Gasteiger partial charge in [0, 0.05) is 25.4 Å². The van der Waals surface area contributed by atoms with Crippen LogP contribution in [0, 0.1) is 0 Å². The maximum Gasteiger partial charge on any atom is 0.256 e. The van der Waals surface area contributed by atoms with Crippen molar-refractivity contribution in [3.8, 4) is 0 Å². The highest BCUT2D eigenvalue weighted by Crippen LogP contribution is 2.27. The summed E-state index contributed by atoms with van der Waals surface area (Å²) in [6, 6.07) is 5.49. The van der Waals surface area contributed by atoms with E-state index in [1.165, 1.54) is 0 Å². The lowest BCUT2D eigenvalue weighted by Crippen LogP contribution is -2.38. The normalized spacial score (nSPS) is 16.0. The number of piperidine rings is 1. The highest BCUT2D eigenvalue weighted by Gasteiger charge is 2.27. The molecule has 0 saturated carbocycles. The summed E-state index contributed by atoms with van der Waals surface area (Å²) >= 11 is 0. The van der Waals surface area contributed by atoms with Gasteiger partial charge in [0.25, 0.3) is 5.91 Å². The molecular formula is C16H19N7O. The Morgan fingerprint density at radius 2 is 2.08 bits per heavy atom. The van der Waals surface area contributed by atoms with Crippen molar-refractivity contribution in [3.63, 3.8) is 0 Å². The first kappa shape index (κ1) is 14.8. The Labute approximate surface area is 138 Å². The molecule has 2 aromatic heterocycles. The molecule has 1 aliphatic rings. The number of hydrogen-bond donors (Lipinski definition) is 2. The molecule has 0 spiro atoms. The van der Waals surface area contributed by atoms with Crippen LogP contribution in [0.5, 0.6) is 0 Å². The van der Waals surface area contributed by atoms with Crippen LogP contribution in [0.15, 0.2) is 18.2 Å². The second-order valence-electron chi connectivity index (χ2n) is 6.06. The molecule has 1 saturated heterocycles. The second-order valence-corrected chi connectivity index (χ2v) is 6.06. The molecule has 1 fully saturated rings. The predicted octanol–water partition coefficient (Wildman–Crippen LogP) is 1.66. The van der Waals surface area contributed by atoms with Crippen LogP contribution >= 0.6 is 0 Å². The van der Waals surface area contributed by atoms with Crippen LogP contribution in [-0.2, 0) is 6.42 Å². The topological polar surface area (TPSA) is 103 Å². The van der Waals surface area contributed by atoms with Gasteiger partial charge < -0.3 is 4.90 Å². The van der Waals surface area contributed by atoms with E-state index in [2.05, 4.69) is 37.5 Å². The number of para-hydroxylation sites is 1. The van der Waals surface area contributed by atoms with Crippen LogP contribution in [-0.4, -0.2) is 54.5 Å². The summed E-state index contributed by atoms with van der Waals surface area (Å²) in [6.07, 6.45) is 2.61. The number of aryl methyl sites for hydroxylation is 1. The molecule has 0 radical (unpaired) electrons. The van der Waals surface area contributed by atoms with Crippen molar-refractivity contribution in [2.24, 2.45) is 0 Å². The minimum absolute atomic E-state index is 0.0113. The standard InChI is InChI=1S/C16H19N7O/c1-2-13-17-15(21-19-13)10-6-8-23(9-7-10)16(24)11-4-3-5-12-14(11)20-22-18-12/h3-5,10H,2,6-9H2,1H3,(H,17,19,21)(H,18,20,22). The van der Waals surface area contributed by atoms with E-state index in [1.807, 2.05) is 23.1 Å². The molecule has 0 aliphatic carbocycles. The first-order valence-electron chi connectivity index (χ1n) is 8.26. The van der Waals surface area contributed by atoms with Crippen molar-refractivity contribution < 1.29 is 4.79 Å². The Balaban J connectivity index is 1.47. The van der Waals surface area contributed by atoms with Gasteiger partial charge in [-0.3, -0.25) is 9.89 Å². The van der Waals surface area contributed by atoms with Crippen LogP contribution in [0.3, 0.4) is 0 Å². The summed E-state index contributed by atoms with van der Waals surface area (Å²) in [5, 5.41) is 18.0. The molecule has 3 aromatic rings. The maximum atomic E-state index is 12.8. The van der Waals surface area contributed by atoms with Gasteiger partial charge in [0.05, 0.1) is 5.56 Å². The zero-order valence-corrected chi connectivity index (χ0v) is 13.5. The van der Waals surface area contributed by atoms with Crippen molar-refractivity contribution in [2.45, 2.75) is 32.1 Å². The third-order valence-electron chi connectivity index (χ3n) is 4.61. The summed E-state index contributed by atoms with van der Waals surface area (Å²) < 4.78 is 0. The number of benzene rings is 1. The van der Waals surface area contributed by atoms with E-state index in [0.29, 0.717) is 35.6 Å². The number of amides is 1. The zero-order valence-electron chi connectivity index (χ0n) is 13.5. The number of rotatable bonds is 3. The molecule has 0 bridgehead atoms. The SMILES string of the molecule is CCc1nc(C2CCN(C(=O)c3cccc4n[nH]nc34)CC2)n[nH]1. The molecule has 3 heterocycles. The van der Waals surface area contributed by atoms with Gasteiger partial charge in [-0.05, 0) is 25.0 Å². The number of carbonyl (C=O) groups is 1. The summed E-state index contributed by atoms with van der Waals surface area (Å²) in [6.45, 7) is 3.46. The quantitative estimate of drug-likeness (QED) is 0.762. The lowest BCUT2D eigenvalue weighted by atomic mass is 9.95. The second kappa shape index (κ2) is 6.03. The molecular weight excluding hydrogens is 306 g/mol. The van der Waals surface area contributed by atoms with Gasteiger partial charge in [0.1, 0.15) is 16.9 Å². The number of hydrogen-bond acceptors (Lipinski definition) is 5. The molecule has 8 heteroatoms. The molecule has 24 heavy (non-hydrogen) atoms. The summed E-state index contributed by atoms with van der Waals surface area (Å²) in [4.78, 5) is 19.2. The Hall–Kier alpha value is -2.77. The smallest absolute Gasteiger partial charge is 0.256 e. The molecule has 1 aliphatic heterocycles. The van der Waals surface area contributed by atoms with E-state index in [-0.39, 0.29) is 5.91 Å². The number of H-pyrrole nitrogens is 2. The number of aromatic amines is 2. The molecule has 8 nitrogen and oxygen atoms in total. The third-order valence-corrected chi connectivity index (χ3v) is 4.61. The lowest BCUT2D eigenvalue weighted by molar-refractivity contribution is 0.0713. The highest BCUT2D eigenvalue weighted by molar-refractivity contribution is 6.04. The van der Waals surface area contributed by atoms with E-state index in [1.54, 1.807) is 0 Å². The van der Waals surface area contributed by atoms with Crippen molar-refractivity contribution in [1.29, 1.82) is 0 Å². The number of likely N-dealkylation sites (tertiary alicyclic amines) is 1. The van der Waals surface area contributed by atoms with Gasteiger partial charge in [0.15, 0.2) is 5.82 Å². The minimum atomic E-state index is 0.0113. The maximum absolute atomic E-state index is 12.8. The molecule has 2 N–H and O–H groups in total. The van der Waals surface area contributed by atoms with Gasteiger partial charge in [0.2, 0.25) is 0 Å². The summed E-state index contributed by atoms with van der Waals surface area (Å²) in [5.74, 6) is 2.12. The Kier molecular flexibility index (Phi) is 3.72. The molecule has 0 atom stereocenters. The molecule has 1 amide bonds. The van der Waals surface area contributed by atoms with Crippen molar-refractivity contribution in [1.82, 2.24) is 35.5 Å². The average Bonchev–Trinajstić information content (AvgIpc) is 3.30. The number of fused-ring (bicyclic) bond motifs is 1. The fourth-order valence-corrected chi connectivity index (χ4v) is 3.20. The van der Waals surface area contributed by atoms with Gasteiger partial charge in [-0.2, -0.15) is 20.5 Å². The zero-order chi connectivity index (χ0) is 16.5. The van der Waals surface area contributed by atoms with E-state index >= 15 is 0 Å². The van der Waals surface area contributed by atoms with Crippen molar-refractivity contribution in [3.05, 3.63) is 35.4 Å². The van der Waals surface area contributed by atoms with E-state index < -0.39 is 0 Å². The molecule has 4 rings (SSSR count). The Morgan fingerprint density at radius 1 is 1.25 bits per heavy atom. The van der Waals surface area contributed by atoms with Crippen LogP contribution in [0.1, 0.15) is 47.7 Å². The first-order valence-corrected chi connectivity index (χ1v) is 8.26. The molecule has 124 valence electrons. The van der Waals surface area contributed by atoms with Crippen LogP contribution in [0.4, 0.5) is 0 Å². The lowest BCUT2D eigenvalue weighted by Gasteiger charge is -2.30. The van der Waals surface area contributed by atoms with Crippen molar-refractivity contribution in [2.75, 3.05) is 13.1 Å². The number of aromatic nitrogens is 6. The average molecular weight is 325 g/mol. The van der Waals surface area contributed by atoms with Gasteiger partial charge in [-0.15, -0.1) is 0 Å². The van der Waals surface area contributed by atoms with Crippen LogP contribution < -0.4 is 0 Å². The summed E-state index contributed by atoms with van der Waals surface area (Å²) in [5.41, 5.74) is 1.94. The van der Waals surface area contributed by atoms with E-state index in [9.17, 15) is 4.79 Å². The Morgan fingerprint density at radius 3 is 2.83 bits per heavy atom. The largest absolute Gasteiger partial charge is 0.339 e. The number of nitrogens with zero attached hydrogens (tertiary/aromatic N) is 5. The number of nitrogens with one attached hydrogen (secondary N) is 2. The fourth-order valence-electron chi connectivity index (χ4n) is 3.20.